The van der Waals surface area contributed by atoms with E-state index in [-0.39, 0.29) is 0 Å². The first-order valence-electron chi connectivity index (χ1n) is 8.71. The van der Waals surface area contributed by atoms with Crippen molar-refractivity contribution in [3.05, 3.63) is 82.3 Å². The van der Waals surface area contributed by atoms with E-state index in [1.165, 1.54) is 10.8 Å². The molecule has 0 heterocycles. The molecule has 0 saturated carbocycles. The smallest absolute Gasteiger partial charge is 0.168 e. The van der Waals surface area contributed by atoms with Crippen molar-refractivity contribution in [2.24, 2.45) is 0 Å². The Kier molecular flexibility index (Phi) is 4.87. The largest absolute Gasteiger partial charge is 0.493 e. The Bertz CT molecular complexity index is 1160. The zero-order chi connectivity index (χ0) is 18.8. The maximum absolute atomic E-state index is 5.58. The fourth-order valence-electron chi connectivity index (χ4n) is 3.39. The molecule has 0 atom stereocenters. The minimum atomic E-state index is 0.748. The maximum Gasteiger partial charge on any atom is 0.168 e. The molecule has 27 heavy (non-hydrogen) atoms. The van der Waals surface area contributed by atoms with Crippen molar-refractivity contribution in [3.63, 3.8) is 0 Å². The average molecular weight is 419 g/mol. The molecule has 0 aromatic heterocycles. The third kappa shape index (κ3) is 3.31. The molecule has 0 fully saturated rings. The Morgan fingerprint density at radius 1 is 0.741 bits per heavy atom. The number of hydrogen-bond donors (Lipinski definition) is 0. The van der Waals surface area contributed by atoms with E-state index < -0.39 is 0 Å². The molecule has 0 saturated heterocycles. The second kappa shape index (κ2) is 7.45. The Hall–Kier alpha value is -2.78. The Balaban J connectivity index is 1.80. The molecule has 0 N–H and O–H groups in total. The summed E-state index contributed by atoms with van der Waals surface area (Å²) in [5, 5.41) is 4.61. The number of halogens is 1. The third-order valence-electron chi connectivity index (χ3n) is 4.74. The Morgan fingerprint density at radius 3 is 2.30 bits per heavy atom. The fraction of sp³-hybridized carbons (Fsp3) is 0.0833. The van der Waals surface area contributed by atoms with Gasteiger partial charge in [-0.3, -0.25) is 0 Å². The molecule has 0 aliphatic heterocycles. The van der Waals surface area contributed by atoms with Gasteiger partial charge >= 0.3 is 0 Å². The summed E-state index contributed by atoms with van der Waals surface area (Å²) in [7, 11) is 3.34. The lowest BCUT2D eigenvalue weighted by Crippen LogP contribution is -1.92. The SMILES string of the molecule is COc1ccc2c(ccc3cc(/C=C/c4ccccc4Br)ccc32)c1OC. The van der Waals surface area contributed by atoms with E-state index in [1.807, 2.05) is 24.3 Å². The van der Waals surface area contributed by atoms with Gasteiger partial charge in [-0.25, -0.2) is 0 Å². The van der Waals surface area contributed by atoms with Crippen LogP contribution in [-0.4, -0.2) is 14.2 Å². The summed E-state index contributed by atoms with van der Waals surface area (Å²) in [6.07, 6.45) is 4.26. The van der Waals surface area contributed by atoms with Crippen molar-refractivity contribution >= 4 is 49.6 Å². The summed E-state index contributed by atoms with van der Waals surface area (Å²) in [6.45, 7) is 0. The number of methoxy groups -OCH3 is 2. The first-order chi connectivity index (χ1) is 13.2. The number of fused-ring (bicyclic) bond motifs is 3. The number of benzene rings is 4. The number of rotatable bonds is 4. The quantitative estimate of drug-likeness (QED) is 0.263. The highest BCUT2D eigenvalue weighted by atomic mass is 79.9. The van der Waals surface area contributed by atoms with Crippen LogP contribution in [0.1, 0.15) is 11.1 Å². The normalized spacial score (nSPS) is 11.4. The van der Waals surface area contributed by atoms with Crippen LogP contribution in [0, 0.1) is 0 Å². The van der Waals surface area contributed by atoms with Crippen LogP contribution in [-0.2, 0) is 0 Å². The van der Waals surface area contributed by atoms with E-state index >= 15 is 0 Å². The van der Waals surface area contributed by atoms with E-state index in [9.17, 15) is 0 Å². The Morgan fingerprint density at radius 2 is 1.52 bits per heavy atom. The summed E-state index contributed by atoms with van der Waals surface area (Å²) in [4.78, 5) is 0. The fourth-order valence-corrected chi connectivity index (χ4v) is 3.81. The van der Waals surface area contributed by atoms with Crippen LogP contribution in [0.4, 0.5) is 0 Å². The summed E-state index contributed by atoms with van der Waals surface area (Å²) >= 11 is 3.59. The van der Waals surface area contributed by atoms with E-state index in [2.05, 4.69) is 70.5 Å². The molecule has 0 unspecified atom stereocenters. The maximum atomic E-state index is 5.58. The molecule has 4 rings (SSSR count). The average Bonchev–Trinajstić information content (AvgIpc) is 2.71. The van der Waals surface area contributed by atoms with Crippen molar-refractivity contribution in [1.29, 1.82) is 0 Å². The Labute approximate surface area is 167 Å². The molecule has 0 aliphatic carbocycles. The van der Waals surface area contributed by atoms with E-state index in [1.54, 1.807) is 14.2 Å². The topological polar surface area (TPSA) is 18.5 Å². The van der Waals surface area contributed by atoms with E-state index in [4.69, 9.17) is 9.47 Å². The van der Waals surface area contributed by atoms with Gasteiger partial charge in [0.1, 0.15) is 0 Å². The molecule has 2 nitrogen and oxygen atoms in total. The van der Waals surface area contributed by atoms with Gasteiger partial charge < -0.3 is 9.47 Å². The van der Waals surface area contributed by atoms with Gasteiger partial charge in [-0.2, -0.15) is 0 Å². The van der Waals surface area contributed by atoms with Crippen LogP contribution in [0.25, 0.3) is 33.7 Å². The molecule has 134 valence electrons. The van der Waals surface area contributed by atoms with Gasteiger partial charge in [0.15, 0.2) is 11.5 Å². The summed E-state index contributed by atoms with van der Waals surface area (Å²) < 4.78 is 12.1. The molecular weight excluding hydrogens is 400 g/mol. The highest BCUT2D eigenvalue weighted by Crippen LogP contribution is 2.38. The van der Waals surface area contributed by atoms with Gasteiger partial charge in [0.2, 0.25) is 0 Å². The van der Waals surface area contributed by atoms with Gasteiger partial charge in [0.05, 0.1) is 14.2 Å². The second-order valence-corrected chi connectivity index (χ2v) is 7.15. The first kappa shape index (κ1) is 17.6. The van der Waals surface area contributed by atoms with Gasteiger partial charge in [-0.1, -0.05) is 64.5 Å². The minimum absolute atomic E-state index is 0.748. The van der Waals surface area contributed by atoms with Gasteiger partial charge in [-0.15, -0.1) is 0 Å². The van der Waals surface area contributed by atoms with Gasteiger partial charge in [0.25, 0.3) is 0 Å². The standard InChI is InChI=1S/C24H19BrO2/c1-26-23-14-13-20-19-11-8-16(7-9-17-5-3-4-6-22(17)25)15-18(19)10-12-21(20)24(23)27-2/h3-15H,1-2H3/b9-7+. The number of ether oxygens (including phenoxy) is 2. The van der Waals surface area contributed by atoms with Crippen molar-refractivity contribution in [1.82, 2.24) is 0 Å². The van der Waals surface area contributed by atoms with E-state index in [0.29, 0.717) is 0 Å². The van der Waals surface area contributed by atoms with Crippen LogP contribution < -0.4 is 9.47 Å². The predicted octanol–water partition coefficient (Wildman–Crippen LogP) is 6.94. The van der Waals surface area contributed by atoms with Crippen LogP contribution in [0.15, 0.2) is 71.2 Å². The first-order valence-corrected chi connectivity index (χ1v) is 9.50. The van der Waals surface area contributed by atoms with Gasteiger partial charge in [0, 0.05) is 9.86 Å². The molecule has 0 aliphatic rings. The third-order valence-corrected chi connectivity index (χ3v) is 5.46. The van der Waals surface area contributed by atoms with Crippen molar-refractivity contribution in [2.45, 2.75) is 0 Å². The van der Waals surface area contributed by atoms with Crippen molar-refractivity contribution in [3.8, 4) is 11.5 Å². The monoisotopic (exact) mass is 418 g/mol. The molecular formula is C24H19BrO2. The van der Waals surface area contributed by atoms with Crippen LogP contribution in [0.5, 0.6) is 11.5 Å². The molecule has 4 aromatic carbocycles. The lowest BCUT2D eigenvalue weighted by atomic mass is 9.99. The van der Waals surface area contributed by atoms with E-state index in [0.717, 1.165) is 37.9 Å². The van der Waals surface area contributed by atoms with Crippen LogP contribution in [0.2, 0.25) is 0 Å². The van der Waals surface area contributed by atoms with Crippen LogP contribution >= 0.6 is 15.9 Å². The molecule has 3 heteroatoms. The summed E-state index contributed by atoms with van der Waals surface area (Å²) in [5.41, 5.74) is 2.33. The predicted molar refractivity (Wildman–Crippen MR) is 118 cm³/mol. The summed E-state index contributed by atoms with van der Waals surface area (Å²) in [6, 6.07) is 23.0. The molecule has 0 radical (unpaired) electrons. The minimum Gasteiger partial charge on any atom is -0.493 e. The second-order valence-electron chi connectivity index (χ2n) is 6.30. The molecule has 4 aromatic rings. The zero-order valence-electron chi connectivity index (χ0n) is 15.2. The highest BCUT2D eigenvalue weighted by Gasteiger charge is 2.10. The van der Waals surface area contributed by atoms with Crippen molar-refractivity contribution in [2.75, 3.05) is 14.2 Å². The number of hydrogen-bond acceptors (Lipinski definition) is 2. The zero-order valence-corrected chi connectivity index (χ0v) is 16.8. The lowest BCUT2D eigenvalue weighted by molar-refractivity contribution is 0.358. The van der Waals surface area contributed by atoms with Gasteiger partial charge in [-0.05, 0) is 57.6 Å². The molecule has 0 amide bonds. The lowest BCUT2D eigenvalue weighted by Gasteiger charge is -2.12. The van der Waals surface area contributed by atoms with Crippen molar-refractivity contribution < 1.29 is 9.47 Å². The highest BCUT2D eigenvalue weighted by molar-refractivity contribution is 9.10. The summed E-state index contributed by atoms with van der Waals surface area (Å²) in [5.74, 6) is 1.52. The molecule has 0 spiro atoms. The molecule has 0 bridgehead atoms. The van der Waals surface area contributed by atoms with Crippen LogP contribution in [0.3, 0.4) is 0 Å².